The van der Waals surface area contributed by atoms with E-state index in [0.717, 1.165) is 12.8 Å². The smallest absolute Gasteiger partial charge is 0.275 e. The zero-order chi connectivity index (χ0) is 15.4. The molecular formula is C15H31NO4. The Labute approximate surface area is 122 Å². The fourth-order valence-electron chi connectivity index (χ4n) is 2.14. The van der Waals surface area contributed by atoms with Crippen LogP contribution in [-0.2, 0) is 4.79 Å². The first-order chi connectivity index (χ1) is 9.37. The molecule has 0 aliphatic carbocycles. The summed E-state index contributed by atoms with van der Waals surface area (Å²) in [5.74, 6) is -3.00. The van der Waals surface area contributed by atoms with E-state index >= 15 is 0 Å². The summed E-state index contributed by atoms with van der Waals surface area (Å²) < 4.78 is 0. The van der Waals surface area contributed by atoms with Gasteiger partial charge in [0.2, 0.25) is 0 Å². The molecule has 0 rings (SSSR count). The zero-order valence-corrected chi connectivity index (χ0v) is 12.7. The van der Waals surface area contributed by atoms with Gasteiger partial charge in [0.15, 0.2) is 0 Å². The normalized spacial score (nSPS) is 13.4. The molecule has 0 aromatic rings. The number of Topliss-reactive ketones (excluding diaryl/α,β-unsaturated/α-hetero) is 1. The number of aliphatic hydroxyl groups is 3. The van der Waals surface area contributed by atoms with E-state index in [9.17, 15) is 4.79 Å². The molecule has 0 bridgehead atoms. The lowest BCUT2D eigenvalue weighted by atomic mass is 10.0. The van der Waals surface area contributed by atoms with Gasteiger partial charge in [0.25, 0.3) is 5.97 Å². The number of hydrogen-bond acceptors (Lipinski definition) is 5. The first-order valence-corrected chi connectivity index (χ1v) is 7.82. The van der Waals surface area contributed by atoms with Gasteiger partial charge in [0, 0.05) is 12.8 Å². The van der Waals surface area contributed by atoms with Crippen LogP contribution in [0.3, 0.4) is 0 Å². The van der Waals surface area contributed by atoms with Gasteiger partial charge in [-0.05, 0) is 6.42 Å². The second-order valence-electron chi connectivity index (χ2n) is 5.61. The van der Waals surface area contributed by atoms with Crippen molar-refractivity contribution in [3.05, 3.63) is 0 Å². The van der Waals surface area contributed by atoms with Gasteiger partial charge < -0.3 is 21.1 Å². The number of rotatable bonds is 13. The van der Waals surface area contributed by atoms with Gasteiger partial charge in [-0.3, -0.25) is 4.79 Å². The molecule has 0 radical (unpaired) electrons. The second-order valence-corrected chi connectivity index (χ2v) is 5.61. The molecule has 0 aliphatic rings. The van der Waals surface area contributed by atoms with Crippen LogP contribution < -0.4 is 5.73 Å². The first-order valence-electron chi connectivity index (χ1n) is 7.82. The molecule has 5 heteroatoms. The minimum Gasteiger partial charge on any atom is -0.344 e. The fourth-order valence-corrected chi connectivity index (χ4v) is 2.14. The van der Waals surface area contributed by atoms with Crippen molar-refractivity contribution >= 4 is 5.78 Å². The van der Waals surface area contributed by atoms with Crippen LogP contribution in [-0.4, -0.2) is 33.1 Å². The highest BCUT2D eigenvalue weighted by molar-refractivity contribution is 5.83. The summed E-state index contributed by atoms with van der Waals surface area (Å²) in [5, 5.41) is 26.1. The number of nitrogens with two attached hydrogens (primary N) is 1. The minimum atomic E-state index is -2.77. The van der Waals surface area contributed by atoms with Crippen molar-refractivity contribution in [2.75, 3.05) is 0 Å². The maximum absolute atomic E-state index is 11.6. The molecule has 1 atom stereocenters. The quantitative estimate of drug-likeness (QED) is 0.306. The van der Waals surface area contributed by atoms with Gasteiger partial charge in [-0.2, -0.15) is 0 Å². The lowest BCUT2D eigenvalue weighted by Crippen LogP contribution is -2.34. The third-order valence-corrected chi connectivity index (χ3v) is 3.49. The zero-order valence-electron chi connectivity index (χ0n) is 12.7. The number of unbranched alkanes of at least 4 members (excludes halogenated alkanes) is 7. The van der Waals surface area contributed by atoms with Crippen LogP contribution in [0.25, 0.3) is 0 Å². The third-order valence-electron chi connectivity index (χ3n) is 3.49. The summed E-state index contributed by atoms with van der Waals surface area (Å²) in [6.45, 7) is 2.20. The van der Waals surface area contributed by atoms with Crippen molar-refractivity contribution in [3.63, 3.8) is 0 Å². The van der Waals surface area contributed by atoms with Crippen molar-refractivity contribution in [2.24, 2.45) is 5.73 Å². The summed E-state index contributed by atoms with van der Waals surface area (Å²) in [5.41, 5.74) is 5.73. The van der Waals surface area contributed by atoms with Gasteiger partial charge in [-0.25, -0.2) is 0 Å². The third kappa shape index (κ3) is 12.5. The predicted molar refractivity (Wildman–Crippen MR) is 78.8 cm³/mol. The molecule has 20 heavy (non-hydrogen) atoms. The van der Waals surface area contributed by atoms with Crippen molar-refractivity contribution in [3.8, 4) is 0 Å². The molecule has 0 saturated carbocycles. The molecule has 0 saturated heterocycles. The monoisotopic (exact) mass is 289 g/mol. The van der Waals surface area contributed by atoms with Crippen LogP contribution in [0.5, 0.6) is 0 Å². The predicted octanol–water partition coefficient (Wildman–Crippen LogP) is 1.82. The molecule has 0 fully saturated rings. The Bertz CT molecular complexity index is 251. The second kappa shape index (κ2) is 11.2. The summed E-state index contributed by atoms with van der Waals surface area (Å²) in [6, 6.07) is -0.558. The van der Waals surface area contributed by atoms with Crippen LogP contribution in [0.4, 0.5) is 0 Å². The Kier molecular flexibility index (Phi) is 10.9. The van der Waals surface area contributed by atoms with Crippen molar-refractivity contribution in [1.82, 2.24) is 0 Å². The maximum atomic E-state index is 11.6. The molecule has 0 aromatic heterocycles. The Balaban J connectivity index is 3.48. The van der Waals surface area contributed by atoms with E-state index in [1.165, 1.54) is 38.5 Å². The average molecular weight is 289 g/mol. The molecule has 5 N–H and O–H groups in total. The number of ketones is 1. The van der Waals surface area contributed by atoms with Crippen LogP contribution >= 0.6 is 0 Å². The highest BCUT2D eigenvalue weighted by Crippen LogP contribution is 2.12. The highest BCUT2D eigenvalue weighted by Gasteiger charge is 2.22. The molecule has 5 nitrogen and oxygen atoms in total. The molecule has 0 aromatic carbocycles. The molecule has 120 valence electrons. The summed E-state index contributed by atoms with van der Waals surface area (Å²) >= 11 is 0. The Morgan fingerprint density at radius 3 is 2.00 bits per heavy atom. The Morgan fingerprint density at radius 2 is 1.50 bits per heavy atom. The molecule has 0 amide bonds. The van der Waals surface area contributed by atoms with Gasteiger partial charge in [-0.1, -0.05) is 58.3 Å². The highest BCUT2D eigenvalue weighted by atomic mass is 16.7. The van der Waals surface area contributed by atoms with E-state index in [1.807, 2.05) is 0 Å². The molecule has 0 heterocycles. The molecular weight excluding hydrogens is 258 g/mol. The van der Waals surface area contributed by atoms with Gasteiger partial charge in [0.05, 0.1) is 6.04 Å². The Hall–Kier alpha value is -0.490. The Morgan fingerprint density at radius 1 is 1.00 bits per heavy atom. The molecule has 1 unspecified atom stereocenters. The number of hydrogen-bond donors (Lipinski definition) is 4. The lowest BCUT2D eigenvalue weighted by molar-refractivity contribution is -0.314. The van der Waals surface area contributed by atoms with Crippen molar-refractivity contribution < 1.29 is 20.1 Å². The summed E-state index contributed by atoms with van der Waals surface area (Å²) in [7, 11) is 0. The average Bonchev–Trinajstić information content (AvgIpc) is 2.38. The van der Waals surface area contributed by atoms with Crippen LogP contribution in [0.15, 0.2) is 0 Å². The summed E-state index contributed by atoms with van der Waals surface area (Å²) in [6.07, 6.45) is 9.70. The fraction of sp³-hybridized carbons (Fsp3) is 0.933. The maximum Gasteiger partial charge on any atom is 0.275 e. The topological polar surface area (TPSA) is 104 Å². The largest absolute Gasteiger partial charge is 0.344 e. The van der Waals surface area contributed by atoms with Crippen LogP contribution in [0.2, 0.25) is 0 Å². The first kappa shape index (κ1) is 19.5. The molecule has 0 aliphatic heterocycles. The molecule has 0 spiro atoms. The van der Waals surface area contributed by atoms with E-state index in [-0.39, 0.29) is 12.2 Å². The van der Waals surface area contributed by atoms with E-state index in [1.54, 1.807) is 0 Å². The van der Waals surface area contributed by atoms with Crippen LogP contribution in [0, 0.1) is 0 Å². The number of carbonyl (C=O) groups is 1. The van der Waals surface area contributed by atoms with E-state index < -0.39 is 18.4 Å². The van der Waals surface area contributed by atoms with Gasteiger partial charge in [0.1, 0.15) is 5.78 Å². The summed E-state index contributed by atoms with van der Waals surface area (Å²) in [4.78, 5) is 11.6. The van der Waals surface area contributed by atoms with Crippen molar-refractivity contribution in [1.29, 1.82) is 0 Å². The van der Waals surface area contributed by atoms with Gasteiger partial charge >= 0.3 is 0 Å². The van der Waals surface area contributed by atoms with Crippen molar-refractivity contribution in [2.45, 2.75) is 89.6 Å². The SMILES string of the molecule is CCCCCCCCCCC(N)C(=O)CCC(O)(O)O. The minimum absolute atomic E-state index is 0.109. The van der Waals surface area contributed by atoms with E-state index in [4.69, 9.17) is 21.1 Å². The number of carbonyl (C=O) groups excluding carboxylic acids is 1. The standard InChI is InChI=1S/C15H31NO4/c1-2-3-4-5-6-7-8-9-10-13(16)14(17)11-12-15(18,19)20/h13,18-20H,2-12,16H2,1H3. The van der Waals surface area contributed by atoms with Gasteiger partial charge in [-0.15, -0.1) is 0 Å². The lowest BCUT2D eigenvalue weighted by Gasteiger charge is -2.15. The van der Waals surface area contributed by atoms with E-state index in [2.05, 4.69) is 6.92 Å². The van der Waals surface area contributed by atoms with Crippen LogP contribution in [0.1, 0.15) is 77.6 Å². The van der Waals surface area contributed by atoms with E-state index in [0.29, 0.717) is 6.42 Å².